The predicted molar refractivity (Wildman–Crippen MR) is 101 cm³/mol. The molecule has 2 atom stereocenters. The molecule has 0 spiro atoms. The standard InChI is InChI=1S/C21H25N3O2/c1-3-17-13-20(23-24-21(17)15(2)22)26-19-11-9-18(10-12-19)25-14-16-7-5-4-6-8-16/h4-9,11-13,15,18H,3,10,14,22H2,1-2H3/t15-,18?/m1/s1. The summed E-state index contributed by atoms with van der Waals surface area (Å²) in [7, 11) is 0. The summed E-state index contributed by atoms with van der Waals surface area (Å²) in [6, 6.07) is 11.9. The lowest BCUT2D eigenvalue weighted by atomic mass is 10.1. The largest absolute Gasteiger partial charge is 0.438 e. The minimum absolute atomic E-state index is 0.0558. The molecule has 26 heavy (non-hydrogen) atoms. The smallest absolute Gasteiger partial charge is 0.239 e. The molecule has 0 saturated carbocycles. The van der Waals surface area contributed by atoms with Gasteiger partial charge in [-0.25, -0.2) is 0 Å². The molecule has 5 nitrogen and oxygen atoms in total. The fraction of sp³-hybridized carbons (Fsp3) is 0.333. The van der Waals surface area contributed by atoms with E-state index in [2.05, 4.69) is 29.3 Å². The van der Waals surface area contributed by atoms with Crippen molar-refractivity contribution in [3.8, 4) is 5.88 Å². The van der Waals surface area contributed by atoms with Crippen LogP contribution in [0.5, 0.6) is 5.88 Å². The van der Waals surface area contributed by atoms with Gasteiger partial charge in [-0.15, -0.1) is 10.2 Å². The second kappa shape index (κ2) is 8.74. The predicted octanol–water partition coefficient (Wildman–Crippen LogP) is 3.87. The van der Waals surface area contributed by atoms with Gasteiger partial charge in [0.05, 0.1) is 18.4 Å². The van der Waals surface area contributed by atoms with E-state index in [1.165, 1.54) is 5.56 Å². The topological polar surface area (TPSA) is 70.3 Å². The Morgan fingerprint density at radius 2 is 2.04 bits per heavy atom. The van der Waals surface area contributed by atoms with Gasteiger partial charge in [0.15, 0.2) is 0 Å². The van der Waals surface area contributed by atoms with E-state index in [9.17, 15) is 0 Å². The number of nitrogens with two attached hydrogens (primary N) is 1. The first-order chi connectivity index (χ1) is 12.7. The van der Waals surface area contributed by atoms with Gasteiger partial charge in [0.2, 0.25) is 5.88 Å². The van der Waals surface area contributed by atoms with Crippen LogP contribution in [0.4, 0.5) is 0 Å². The molecule has 1 aliphatic carbocycles. The Bertz CT molecular complexity index is 785. The first kappa shape index (κ1) is 18.3. The van der Waals surface area contributed by atoms with Crippen molar-refractivity contribution in [3.63, 3.8) is 0 Å². The zero-order valence-corrected chi connectivity index (χ0v) is 15.3. The molecule has 5 heteroatoms. The summed E-state index contributed by atoms with van der Waals surface area (Å²) in [5.74, 6) is 1.25. The average molecular weight is 351 g/mol. The number of benzene rings is 1. The summed E-state index contributed by atoms with van der Waals surface area (Å²) < 4.78 is 11.8. The van der Waals surface area contributed by atoms with Crippen molar-refractivity contribution in [1.82, 2.24) is 10.2 Å². The second-order valence-corrected chi connectivity index (χ2v) is 6.37. The van der Waals surface area contributed by atoms with E-state index < -0.39 is 0 Å². The Morgan fingerprint density at radius 3 is 2.69 bits per heavy atom. The van der Waals surface area contributed by atoms with Crippen molar-refractivity contribution in [2.24, 2.45) is 5.73 Å². The molecular weight excluding hydrogens is 326 g/mol. The molecule has 0 radical (unpaired) electrons. The van der Waals surface area contributed by atoms with Gasteiger partial charge in [-0.05, 0) is 43.0 Å². The van der Waals surface area contributed by atoms with Gasteiger partial charge >= 0.3 is 0 Å². The van der Waals surface area contributed by atoms with Crippen molar-refractivity contribution in [2.75, 3.05) is 0 Å². The Hall–Kier alpha value is -2.50. The van der Waals surface area contributed by atoms with E-state index in [0.717, 1.165) is 29.9 Å². The Morgan fingerprint density at radius 1 is 1.23 bits per heavy atom. The lowest BCUT2D eigenvalue weighted by Gasteiger charge is -2.17. The van der Waals surface area contributed by atoms with Crippen molar-refractivity contribution in [1.29, 1.82) is 0 Å². The molecule has 1 unspecified atom stereocenters. The molecule has 0 saturated heterocycles. The van der Waals surface area contributed by atoms with Gasteiger partial charge in [-0.3, -0.25) is 0 Å². The summed E-state index contributed by atoms with van der Waals surface area (Å²) >= 11 is 0. The van der Waals surface area contributed by atoms with Crippen molar-refractivity contribution in [2.45, 2.75) is 45.4 Å². The molecule has 3 rings (SSSR count). The molecule has 1 aliphatic rings. The number of hydrogen-bond acceptors (Lipinski definition) is 5. The van der Waals surface area contributed by atoms with Crippen molar-refractivity contribution in [3.05, 3.63) is 77.2 Å². The number of allylic oxidation sites excluding steroid dienone is 1. The van der Waals surface area contributed by atoms with Gasteiger partial charge < -0.3 is 15.2 Å². The highest BCUT2D eigenvalue weighted by Crippen LogP contribution is 2.21. The van der Waals surface area contributed by atoms with E-state index in [-0.39, 0.29) is 12.1 Å². The summed E-state index contributed by atoms with van der Waals surface area (Å²) in [6.07, 6.45) is 7.62. The van der Waals surface area contributed by atoms with E-state index in [1.807, 2.05) is 49.4 Å². The van der Waals surface area contributed by atoms with Gasteiger partial charge in [-0.2, -0.15) is 0 Å². The van der Waals surface area contributed by atoms with Crippen LogP contribution in [0.25, 0.3) is 0 Å². The van der Waals surface area contributed by atoms with Crippen LogP contribution < -0.4 is 10.5 Å². The van der Waals surface area contributed by atoms with Crippen LogP contribution in [0.3, 0.4) is 0 Å². The number of aromatic nitrogens is 2. The Balaban J connectivity index is 1.56. The molecule has 0 aliphatic heterocycles. The molecule has 2 N–H and O–H groups in total. The van der Waals surface area contributed by atoms with E-state index in [1.54, 1.807) is 0 Å². The molecule has 136 valence electrons. The van der Waals surface area contributed by atoms with Crippen LogP contribution in [-0.2, 0) is 17.8 Å². The molecule has 1 aromatic heterocycles. The molecule has 0 bridgehead atoms. The summed E-state index contributed by atoms with van der Waals surface area (Å²) in [6.45, 7) is 4.58. The number of ether oxygens (including phenoxy) is 2. The Labute approximate surface area is 154 Å². The van der Waals surface area contributed by atoms with Crippen LogP contribution in [0, 0.1) is 0 Å². The lowest BCUT2D eigenvalue weighted by Crippen LogP contribution is -2.14. The van der Waals surface area contributed by atoms with Crippen molar-refractivity contribution >= 4 is 0 Å². The number of nitrogens with zero attached hydrogens (tertiary/aromatic N) is 2. The maximum absolute atomic E-state index is 5.93. The third-order valence-electron chi connectivity index (χ3n) is 4.25. The summed E-state index contributed by atoms with van der Waals surface area (Å²) in [4.78, 5) is 0. The number of hydrogen-bond donors (Lipinski definition) is 1. The van der Waals surface area contributed by atoms with Crippen LogP contribution in [0.2, 0.25) is 0 Å². The maximum Gasteiger partial charge on any atom is 0.239 e. The highest BCUT2D eigenvalue weighted by molar-refractivity contribution is 5.29. The van der Waals surface area contributed by atoms with Crippen molar-refractivity contribution < 1.29 is 9.47 Å². The van der Waals surface area contributed by atoms with Crippen LogP contribution in [0.15, 0.2) is 60.4 Å². The molecule has 0 fully saturated rings. The molecule has 2 aromatic rings. The van der Waals surface area contributed by atoms with Gasteiger partial charge in [0, 0.05) is 12.1 Å². The molecule has 1 heterocycles. The van der Waals surface area contributed by atoms with Gasteiger partial charge in [0.1, 0.15) is 5.76 Å². The fourth-order valence-electron chi connectivity index (χ4n) is 2.81. The fourth-order valence-corrected chi connectivity index (χ4v) is 2.81. The molecule has 0 amide bonds. The number of rotatable bonds is 7. The minimum Gasteiger partial charge on any atom is -0.438 e. The van der Waals surface area contributed by atoms with E-state index in [4.69, 9.17) is 15.2 Å². The average Bonchev–Trinajstić information content (AvgIpc) is 2.68. The second-order valence-electron chi connectivity index (χ2n) is 6.37. The van der Waals surface area contributed by atoms with Crippen LogP contribution >= 0.6 is 0 Å². The Kier molecular flexibility index (Phi) is 6.15. The zero-order chi connectivity index (χ0) is 18.4. The third kappa shape index (κ3) is 4.77. The maximum atomic E-state index is 5.93. The van der Waals surface area contributed by atoms with Crippen LogP contribution in [-0.4, -0.2) is 16.3 Å². The van der Waals surface area contributed by atoms with E-state index in [0.29, 0.717) is 12.5 Å². The first-order valence-corrected chi connectivity index (χ1v) is 8.99. The SMILES string of the molecule is CCc1cc(OC2=CCC(OCc3ccccc3)C=C2)nnc1[C@@H](C)N. The molecular formula is C21H25N3O2. The lowest BCUT2D eigenvalue weighted by molar-refractivity contribution is 0.0722. The van der Waals surface area contributed by atoms with Crippen LogP contribution in [0.1, 0.15) is 43.1 Å². The van der Waals surface area contributed by atoms with E-state index >= 15 is 0 Å². The normalized spacial score (nSPS) is 17.7. The highest BCUT2D eigenvalue weighted by Gasteiger charge is 2.14. The third-order valence-corrected chi connectivity index (χ3v) is 4.25. The number of aryl methyl sites for hydroxylation is 1. The quantitative estimate of drug-likeness (QED) is 0.820. The first-order valence-electron chi connectivity index (χ1n) is 8.99. The minimum atomic E-state index is -0.136. The van der Waals surface area contributed by atoms with Gasteiger partial charge in [-0.1, -0.05) is 43.3 Å². The van der Waals surface area contributed by atoms with Gasteiger partial charge in [0.25, 0.3) is 0 Å². The zero-order valence-electron chi connectivity index (χ0n) is 15.3. The summed E-state index contributed by atoms with van der Waals surface area (Å²) in [5, 5.41) is 8.36. The molecule has 1 aromatic carbocycles. The monoisotopic (exact) mass is 351 g/mol. The highest BCUT2D eigenvalue weighted by atomic mass is 16.5. The summed E-state index contributed by atoms with van der Waals surface area (Å²) in [5.41, 5.74) is 8.99.